The third-order valence-corrected chi connectivity index (χ3v) is 5.19. The highest BCUT2D eigenvalue weighted by atomic mass is 35.5. The summed E-state index contributed by atoms with van der Waals surface area (Å²) in [6.45, 7) is 6.83. The van der Waals surface area contributed by atoms with Gasteiger partial charge in [-0.25, -0.2) is 0 Å². The van der Waals surface area contributed by atoms with Crippen molar-refractivity contribution in [3.8, 4) is 0 Å². The van der Waals surface area contributed by atoms with Gasteiger partial charge >= 0.3 is 0 Å². The molecule has 0 aromatic heterocycles. The fourth-order valence-electron chi connectivity index (χ4n) is 3.35. The van der Waals surface area contributed by atoms with Crippen LogP contribution in [0.5, 0.6) is 0 Å². The van der Waals surface area contributed by atoms with Crippen molar-refractivity contribution in [2.45, 2.75) is 26.7 Å². The standard InChI is InChI=1S/C22H26ClN3O2/c1-3-4-21(27)26-13-11-25(12-14-26)20-10-9-18(23)15-19(20)24-22(28)17-7-5-16(2)6-8-17/h5-10,15H,3-4,11-14H2,1-2H3,(H,24,28). The van der Waals surface area contributed by atoms with Crippen molar-refractivity contribution in [3.63, 3.8) is 0 Å². The molecule has 1 saturated heterocycles. The zero-order chi connectivity index (χ0) is 20.1. The maximum Gasteiger partial charge on any atom is 0.255 e. The van der Waals surface area contributed by atoms with Crippen molar-refractivity contribution in [2.24, 2.45) is 0 Å². The quantitative estimate of drug-likeness (QED) is 0.813. The SMILES string of the molecule is CCCC(=O)N1CCN(c2ccc(Cl)cc2NC(=O)c2ccc(C)cc2)CC1. The van der Waals surface area contributed by atoms with E-state index in [1.54, 1.807) is 6.07 Å². The number of hydrogen-bond acceptors (Lipinski definition) is 3. The van der Waals surface area contributed by atoms with E-state index >= 15 is 0 Å². The number of benzene rings is 2. The molecule has 0 radical (unpaired) electrons. The smallest absolute Gasteiger partial charge is 0.255 e. The normalized spacial score (nSPS) is 14.1. The van der Waals surface area contributed by atoms with E-state index in [9.17, 15) is 9.59 Å². The first-order valence-corrected chi connectivity index (χ1v) is 10.1. The molecule has 1 heterocycles. The molecule has 5 nitrogen and oxygen atoms in total. The number of nitrogens with one attached hydrogen (secondary N) is 1. The van der Waals surface area contributed by atoms with Gasteiger partial charge < -0.3 is 15.1 Å². The highest BCUT2D eigenvalue weighted by Gasteiger charge is 2.23. The molecule has 0 spiro atoms. The largest absolute Gasteiger partial charge is 0.366 e. The molecule has 28 heavy (non-hydrogen) atoms. The zero-order valence-electron chi connectivity index (χ0n) is 16.4. The second kappa shape index (κ2) is 9.11. The third-order valence-electron chi connectivity index (χ3n) is 4.96. The van der Waals surface area contributed by atoms with Gasteiger partial charge in [0.2, 0.25) is 5.91 Å². The molecular formula is C22H26ClN3O2. The van der Waals surface area contributed by atoms with Gasteiger partial charge in [0.05, 0.1) is 11.4 Å². The Bertz CT molecular complexity index is 843. The van der Waals surface area contributed by atoms with Crippen LogP contribution in [-0.2, 0) is 4.79 Å². The first-order chi connectivity index (χ1) is 13.5. The molecule has 1 fully saturated rings. The number of amides is 2. The van der Waals surface area contributed by atoms with E-state index in [1.807, 2.05) is 55.1 Å². The predicted octanol–water partition coefficient (Wildman–Crippen LogP) is 4.35. The summed E-state index contributed by atoms with van der Waals surface area (Å²) in [5.74, 6) is 0.0476. The first kappa shape index (κ1) is 20.2. The monoisotopic (exact) mass is 399 g/mol. The molecule has 0 saturated carbocycles. The van der Waals surface area contributed by atoms with Crippen LogP contribution in [0.25, 0.3) is 0 Å². The fourth-order valence-corrected chi connectivity index (χ4v) is 3.52. The zero-order valence-corrected chi connectivity index (χ0v) is 17.1. The van der Waals surface area contributed by atoms with Crippen molar-refractivity contribution < 1.29 is 9.59 Å². The molecule has 148 valence electrons. The van der Waals surface area contributed by atoms with Crippen LogP contribution in [-0.4, -0.2) is 42.9 Å². The molecule has 3 rings (SSSR count). The molecule has 1 aliphatic rings. The van der Waals surface area contributed by atoms with E-state index < -0.39 is 0 Å². The highest BCUT2D eigenvalue weighted by Crippen LogP contribution is 2.30. The molecule has 1 aliphatic heterocycles. The van der Waals surface area contributed by atoms with E-state index in [2.05, 4.69) is 10.2 Å². The lowest BCUT2D eigenvalue weighted by Gasteiger charge is -2.37. The minimum Gasteiger partial charge on any atom is -0.366 e. The highest BCUT2D eigenvalue weighted by molar-refractivity contribution is 6.31. The topological polar surface area (TPSA) is 52.7 Å². The van der Waals surface area contributed by atoms with Crippen LogP contribution in [0, 0.1) is 6.92 Å². The summed E-state index contributed by atoms with van der Waals surface area (Å²) in [5, 5.41) is 3.56. The van der Waals surface area contributed by atoms with Crippen molar-refractivity contribution >= 4 is 34.8 Å². The van der Waals surface area contributed by atoms with Gasteiger partial charge in [-0.1, -0.05) is 36.2 Å². The molecule has 0 unspecified atom stereocenters. The Hall–Kier alpha value is -2.53. The summed E-state index contributed by atoms with van der Waals surface area (Å²) in [5.41, 5.74) is 3.32. The Kier molecular flexibility index (Phi) is 6.57. The summed E-state index contributed by atoms with van der Waals surface area (Å²) in [7, 11) is 0. The van der Waals surface area contributed by atoms with Crippen LogP contribution in [0.3, 0.4) is 0 Å². The van der Waals surface area contributed by atoms with Crippen LogP contribution in [0.2, 0.25) is 5.02 Å². The number of nitrogens with zero attached hydrogens (tertiary/aromatic N) is 2. The van der Waals surface area contributed by atoms with Gasteiger partial charge in [0.15, 0.2) is 0 Å². The van der Waals surface area contributed by atoms with Gasteiger partial charge in [-0.3, -0.25) is 9.59 Å². The van der Waals surface area contributed by atoms with Gasteiger partial charge in [-0.2, -0.15) is 0 Å². The van der Waals surface area contributed by atoms with Crippen molar-refractivity contribution in [2.75, 3.05) is 36.4 Å². The second-order valence-electron chi connectivity index (χ2n) is 7.10. The number of halogens is 1. The van der Waals surface area contributed by atoms with Crippen molar-refractivity contribution in [1.82, 2.24) is 4.90 Å². The van der Waals surface area contributed by atoms with E-state index in [0.717, 1.165) is 30.8 Å². The number of piperazine rings is 1. The van der Waals surface area contributed by atoms with Gasteiger partial charge in [0.25, 0.3) is 5.91 Å². The number of rotatable bonds is 5. The van der Waals surface area contributed by atoms with E-state index in [-0.39, 0.29) is 11.8 Å². The van der Waals surface area contributed by atoms with Crippen molar-refractivity contribution in [3.05, 3.63) is 58.6 Å². The number of anilines is 2. The Morgan fingerprint density at radius 1 is 1.04 bits per heavy atom. The predicted molar refractivity (Wildman–Crippen MR) is 114 cm³/mol. The Morgan fingerprint density at radius 3 is 2.36 bits per heavy atom. The van der Waals surface area contributed by atoms with Crippen LogP contribution in [0.1, 0.15) is 35.7 Å². The molecule has 0 aliphatic carbocycles. The Morgan fingerprint density at radius 2 is 1.71 bits per heavy atom. The van der Waals surface area contributed by atoms with E-state index in [0.29, 0.717) is 35.8 Å². The molecule has 2 aromatic rings. The molecule has 2 amide bonds. The first-order valence-electron chi connectivity index (χ1n) is 9.68. The molecule has 6 heteroatoms. The second-order valence-corrected chi connectivity index (χ2v) is 7.54. The number of carbonyl (C=O) groups is 2. The minimum absolute atomic E-state index is 0.166. The Balaban J connectivity index is 1.73. The van der Waals surface area contributed by atoms with Gasteiger partial charge in [-0.15, -0.1) is 0 Å². The average molecular weight is 400 g/mol. The van der Waals surface area contributed by atoms with Gasteiger partial charge in [0.1, 0.15) is 0 Å². The van der Waals surface area contributed by atoms with Crippen LogP contribution >= 0.6 is 11.6 Å². The molecule has 1 N–H and O–H groups in total. The lowest BCUT2D eigenvalue weighted by Crippen LogP contribution is -2.48. The van der Waals surface area contributed by atoms with Crippen LogP contribution in [0.4, 0.5) is 11.4 Å². The summed E-state index contributed by atoms with van der Waals surface area (Å²) < 4.78 is 0. The van der Waals surface area contributed by atoms with E-state index in [4.69, 9.17) is 11.6 Å². The molecule has 0 bridgehead atoms. The Labute approximate surface area is 171 Å². The maximum absolute atomic E-state index is 12.7. The molecule has 0 atom stereocenters. The number of carbonyl (C=O) groups excluding carboxylic acids is 2. The van der Waals surface area contributed by atoms with Gasteiger partial charge in [0, 0.05) is 43.2 Å². The summed E-state index contributed by atoms with van der Waals surface area (Å²) >= 11 is 6.18. The minimum atomic E-state index is -0.166. The lowest BCUT2D eigenvalue weighted by molar-refractivity contribution is -0.131. The lowest BCUT2D eigenvalue weighted by atomic mass is 10.1. The van der Waals surface area contributed by atoms with Gasteiger partial charge in [-0.05, 0) is 43.7 Å². The number of hydrogen-bond donors (Lipinski definition) is 1. The average Bonchev–Trinajstić information content (AvgIpc) is 2.69. The van der Waals surface area contributed by atoms with Crippen molar-refractivity contribution in [1.29, 1.82) is 0 Å². The molecular weight excluding hydrogens is 374 g/mol. The summed E-state index contributed by atoms with van der Waals surface area (Å²) in [4.78, 5) is 28.9. The third kappa shape index (κ3) is 4.84. The summed E-state index contributed by atoms with van der Waals surface area (Å²) in [6.07, 6.45) is 1.46. The number of aryl methyl sites for hydroxylation is 1. The summed E-state index contributed by atoms with van der Waals surface area (Å²) in [6, 6.07) is 13.0. The fraction of sp³-hybridized carbons (Fsp3) is 0.364. The van der Waals surface area contributed by atoms with E-state index in [1.165, 1.54) is 0 Å². The maximum atomic E-state index is 12.7. The van der Waals surface area contributed by atoms with Crippen LogP contribution < -0.4 is 10.2 Å². The molecule has 2 aromatic carbocycles. The van der Waals surface area contributed by atoms with Crippen LogP contribution in [0.15, 0.2) is 42.5 Å².